The molecule has 0 aliphatic carbocycles. The summed E-state index contributed by atoms with van der Waals surface area (Å²) < 4.78 is 22.9. The monoisotopic (exact) mass is 947 g/mol. The lowest BCUT2D eigenvalue weighted by atomic mass is 9.99. The fourth-order valence-corrected chi connectivity index (χ4v) is 7.05. The molecule has 0 radical (unpaired) electrons. The van der Waals surface area contributed by atoms with E-state index < -0.39 is 43.4 Å². The fourth-order valence-electron chi connectivity index (χ4n) is 7.05. The largest absolute Gasteiger partial charge is 0.457 e. The first-order valence-electron chi connectivity index (χ1n) is 26.3. The molecule has 1 heterocycles. The number of carbonyl (C=O) groups excluding carboxylic acids is 1. The predicted octanol–water partition coefficient (Wildman–Crippen LogP) is 13.3. The second kappa shape index (κ2) is 48.4. The molecule has 0 aromatic rings. The molecule has 1 aliphatic heterocycles. The van der Waals surface area contributed by atoms with Crippen LogP contribution >= 0.6 is 0 Å². The highest BCUT2D eigenvalue weighted by Gasteiger charge is 2.44. The summed E-state index contributed by atoms with van der Waals surface area (Å²) in [4.78, 5) is 12.9. The lowest BCUT2D eigenvalue weighted by Gasteiger charge is -2.39. The van der Waals surface area contributed by atoms with Crippen molar-refractivity contribution >= 4 is 5.97 Å². The summed E-state index contributed by atoms with van der Waals surface area (Å²) in [5.74, 6) is -0.344. The molecule has 0 aromatic heterocycles. The van der Waals surface area contributed by atoms with Crippen molar-refractivity contribution in [2.75, 3.05) is 26.4 Å². The van der Waals surface area contributed by atoms with E-state index in [1.807, 2.05) is 0 Å². The van der Waals surface area contributed by atoms with Gasteiger partial charge < -0.3 is 39.4 Å². The summed E-state index contributed by atoms with van der Waals surface area (Å²) in [5.41, 5.74) is 0. The SMILES string of the molecule is CC/C=C\C/C=C\C/C=C\C/C=C\C/C=C\C/C=C\CCCCCCCCC(=O)OC(COCCCCCC/C=C\C/C=C\C/C=C\C/C=C\C/C=C\CC)COC1OC(CO)C(O)C(O)C1O. The zero-order valence-electron chi connectivity index (χ0n) is 42.3. The molecule has 384 valence electrons. The Morgan fingerprint density at radius 3 is 1.28 bits per heavy atom. The maximum Gasteiger partial charge on any atom is 0.306 e. The highest BCUT2D eigenvalue weighted by Crippen LogP contribution is 2.22. The van der Waals surface area contributed by atoms with Gasteiger partial charge in [0.1, 0.15) is 30.5 Å². The number of rotatable bonds is 43. The van der Waals surface area contributed by atoms with Crippen molar-refractivity contribution in [3.05, 3.63) is 134 Å². The van der Waals surface area contributed by atoms with E-state index in [0.717, 1.165) is 148 Å². The zero-order valence-corrected chi connectivity index (χ0v) is 42.3. The Morgan fingerprint density at radius 1 is 0.471 bits per heavy atom. The number of aliphatic hydroxyl groups is 4. The van der Waals surface area contributed by atoms with Gasteiger partial charge in [-0.3, -0.25) is 4.79 Å². The van der Waals surface area contributed by atoms with Gasteiger partial charge in [-0.05, 0) is 109 Å². The maximum absolute atomic E-state index is 12.9. The highest BCUT2D eigenvalue weighted by atomic mass is 16.7. The predicted molar refractivity (Wildman–Crippen MR) is 283 cm³/mol. The van der Waals surface area contributed by atoms with E-state index >= 15 is 0 Å². The first kappa shape index (κ1) is 62.3. The van der Waals surface area contributed by atoms with Crippen LogP contribution in [0.1, 0.15) is 168 Å². The Bertz CT molecular complexity index is 1500. The van der Waals surface area contributed by atoms with E-state index in [4.69, 9.17) is 18.9 Å². The van der Waals surface area contributed by atoms with Gasteiger partial charge in [-0.2, -0.15) is 0 Å². The Labute approximate surface area is 413 Å². The molecule has 1 rings (SSSR count). The van der Waals surface area contributed by atoms with Crippen LogP contribution in [0.4, 0.5) is 0 Å². The molecule has 0 aromatic carbocycles. The van der Waals surface area contributed by atoms with Crippen molar-refractivity contribution in [3.8, 4) is 0 Å². The molecule has 0 amide bonds. The molecule has 9 heteroatoms. The minimum Gasteiger partial charge on any atom is -0.457 e. The third kappa shape index (κ3) is 38.2. The molecule has 68 heavy (non-hydrogen) atoms. The van der Waals surface area contributed by atoms with Gasteiger partial charge in [-0.25, -0.2) is 0 Å². The van der Waals surface area contributed by atoms with Crippen LogP contribution in [-0.4, -0.2) is 89.6 Å². The van der Waals surface area contributed by atoms with Crippen LogP contribution in [0.3, 0.4) is 0 Å². The van der Waals surface area contributed by atoms with E-state index in [1.54, 1.807) is 0 Å². The van der Waals surface area contributed by atoms with Crippen molar-refractivity contribution in [1.82, 2.24) is 0 Å². The molecule has 1 aliphatic rings. The molecule has 4 N–H and O–H groups in total. The number of unbranched alkanes of at least 4 members (excludes halogenated alkanes) is 10. The van der Waals surface area contributed by atoms with Crippen molar-refractivity contribution in [2.24, 2.45) is 0 Å². The van der Waals surface area contributed by atoms with E-state index in [-0.39, 0.29) is 25.6 Å². The van der Waals surface area contributed by atoms with E-state index in [0.29, 0.717) is 6.61 Å². The minimum atomic E-state index is -1.55. The first-order chi connectivity index (χ1) is 33.4. The average Bonchev–Trinajstić information content (AvgIpc) is 3.34. The number of allylic oxidation sites excluding steroid dienone is 22. The summed E-state index contributed by atoms with van der Waals surface area (Å²) in [6, 6.07) is 0. The summed E-state index contributed by atoms with van der Waals surface area (Å²) in [6.45, 7) is 4.23. The molecule has 0 bridgehead atoms. The number of hydrogen-bond donors (Lipinski definition) is 4. The van der Waals surface area contributed by atoms with Gasteiger partial charge in [-0.1, -0.05) is 186 Å². The topological polar surface area (TPSA) is 135 Å². The zero-order chi connectivity index (χ0) is 49.2. The molecule has 6 unspecified atom stereocenters. The smallest absolute Gasteiger partial charge is 0.306 e. The number of esters is 1. The molecule has 9 nitrogen and oxygen atoms in total. The molecule has 0 saturated carbocycles. The lowest BCUT2D eigenvalue weighted by Crippen LogP contribution is -2.59. The van der Waals surface area contributed by atoms with Crippen molar-refractivity contribution in [1.29, 1.82) is 0 Å². The third-order valence-electron chi connectivity index (χ3n) is 11.1. The number of hydrogen-bond acceptors (Lipinski definition) is 9. The molecule has 0 spiro atoms. The summed E-state index contributed by atoms with van der Waals surface area (Å²) >= 11 is 0. The Kier molecular flexibility index (Phi) is 44.3. The van der Waals surface area contributed by atoms with Gasteiger partial charge in [-0.15, -0.1) is 0 Å². The molecule has 1 saturated heterocycles. The van der Waals surface area contributed by atoms with Gasteiger partial charge in [0.25, 0.3) is 0 Å². The van der Waals surface area contributed by atoms with Crippen LogP contribution < -0.4 is 0 Å². The lowest BCUT2D eigenvalue weighted by molar-refractivity contribution is -0.305. The maximum atomic E-state index is 12.9. The number of aliphatic hydroxyl groups excluding tert-OH is 4. The average molecular weight is 947 g/mol. The van der Waals surface area contributed by atoms with Crippen LogP contribution in [0.15, 0.2) is 134 Å². The van der Waals surface area contributed by atoms with Crippen molar-refractivity contribution in [2.45, 2.75) is 205 Å². The minimum absolute atomic E-state index is 0.111. The first-order valence-corrected chi connectivity index (χ1v) is 26.3. The van der Waals surface area contributed by atoms with Gasteiger partial charge in [0.15, 0.2) is 6.29 Å². The van der Waals surface area contributed by atoms with Gasteiger partial charge in [0, 0.05) is 13.0 Å². The Morgan fingerprint density at radius 2 is 0.853 bits per heavy atom. The Hall–Kier alpha value is -3.67. The summed E-state index contributed by atoms with van der Waals surface area (Å²) in [7, 11) is 0. The molecular formula is C59H94O9. The van der Waals surface area contributed by atoms with Gasteiger partial charge >= 0.3 is 5.97 Å². The van der Waals surface area contributed by atoms with E-state index in [1.165, 1.54) is 0 Å². The van der Waals surface area contributed by atoms with Crippen molar-refractivity contribution in [3.63, 3.8) is 0 Å². The quantitative estimate of drug-likeness (QED) is 0.0268. The van der Waals surface area contributed by atoms with Gasteiger partial charge in [0.2, 0.25) is 0 Å². The summed E-state index contributed by atoms with van der Waals surface area (Å²) in [6.07, 6.45) is 64.8. The normalized spacial score (nSPS) is 20.2. The van der Waals surface area contributed by atoms with E-state index in [9.17, 15) is 25.2 Å². The van der Waals surface area contributed by atoms with Crippen molar-refractivity contribution < 1.29 is 44.2 Å². The third-order valence-corrected chi connectivity index (χ3v) is 11.1. The molecule has 1 fully saturated rings. The molecular weight excluding hydrogens is 853 g/mol. The van der Waals surface area contributed by atoms with E-state index in [2.05, 4.69) is 148 Å². The van der Waals surface area contributed by atoms with Crippen LogP contribution in [0.2, 0.25) is 0 Å². The van der Waals surface area contributed by atoms with Gasteiger partial charge in [0.05, 0.1) is 19.8 Å². The van der Waals surface area contributed by atoms with Crippen LogP contribution in [0, 0.1) is 0 Å². The number of carbonyl (C=O) groups is 1. The second-order valence-electron chi connectivity index (χ2n) is 17.2. The fraction of sp³-hybridized carbons (Fsp3) is 0.610. The second-order valence-corrected chi connectivity index (χ2v) is 17.2. The van der Waals surface area contributed by atoms with Crippen LogP contribution in [0.5, 0.6) is 0 Å². The standard InChI is InChI=1S/C59H94O9/c1-3-5-7-9-11-13-15-17-19-21-23-25-26-27-28-29-30-32-34-36-38-40-42-44-46-48-55(61)67-53(52-66-59-58(64)57(63)56(62)54(50-60)68-59)51-65-49-47-45-43-41-39-37-35-33-31-24-22-20-18-16-14-12-10-8-6-4-2/h5-8,11-14,17-20,23-25,27-28,30-32,35,37,53-54,56-60,62-64H,3-4,9-10,15-16,21-22,26,29,33-34,36,38-52H2,1-2H3/b7-5-,8-6-,13-11-,14-12-,19-17-,20-18-,25-23-,28-27-,31-24-,32-30-,37-35-. The van der Waals surface area contributed by atoms with Crippen LogP contribution in [-0.2, 0) is 23.7 Å². The summed E-state index contributed by atoms with van der Waals surface area (Å²) in [5, 5.41) is 40.3. The molecule has 6 atom stereocenters. The highest BCUT2D eigenvalue weighted by molar-refractivity contribution is 5.69. The Balaban J connectivity index is 2.26. The van der Waals surface area contributed by atoms with Crippen LogP contribution in [0.25, 0.3) is 0 Å². The number of ether oxygens (including phenoxy) is 4.